The van der Waals surface area contributed by atoms with Crippen molar-refractivity contribution in [2.45, 2.75) is 26.8 Å². The summed E-state index contributed by atoms with van der Waals surface area (Å²) in [7, 11) is 0. The van der Waals surface area contributed by atoms with Gasteiger partial charge in [0.25, 0.3) is 0 Å². The van der Waals surface area contributed by atoms with Gasteiger partial charge in [-0.05, 0) is 20.8 Å². The molecule has 1 heterocycles. The molecule has 0 bridgehead atoms. The van der Waals surface area contributed by atoms with E-state index in [2.05, 4.69) is 15.2 Å². The number of nitrogens with two attached hydrogens (primary N) is 1. The first kappa shape index (κ1) is 8.07. The fraction of sp³-hybridized carbons (Fsp3) is 0.571. The Balaban J connectivity index is 3.09. The van der Waals surface area contributed by atoms with Crippen molar-refractivity contribution in [1.82, 2.24) is 15.2 Å². The van der Waals surface area contributed by atoms with Crippen molar-refractivity contribution >= 4 is 0 Å². The molecule has 1 rings (SSSR count). The van der Waals surface area contributed by atoms with Crippen molar-refractivity contribution in [3.8, 4) is 0 Å². The van der Waals surface area contributed by atoms with Gasteiger partial charge in [0.15, 0.2) is 0 Å². The maximum Gasteiger partial charge on any atom is 0.148 e. The summed E-state index contributed by atoms with van der Waals surface area (Å²) in [6, 6.07) is -0.0874. The summed E-state index contributed by atoms with van der Waals surface area (Å²) >= 11 is 0. The van der Waals surface area contributed by atoms with Gasteiger partial charge < -0.3 is 5.73 Å². The molecule has 2 N–H and O–H groups in total. The van der Waals surface area contributed by atoms with Gasteiger partial charge in [0.2, 0.25) is 0 Å². The second-order valence-electron chi connectivity index (χ2n) is 2.62. The average Bonchev–Trinajstić information content (AvgIpc) is 1.85. The van der Waals surface area contributed by atoms with E-state index in [1.54, 1.807) is 0 Å². The van der Waals surface area contributed by atoms with E-state index in [4.69, 9.17) is 5.73 Å². The number of hydrogen-bond acceptors (Lipinski definition) is 4. The molecule has 1 aromatic rings. The third-order valence-electron chi connectivity index (χ3n) is 1.43. The first-order chi connectivity index (χ1) is 5.11. The maximum absolute atomic E-state index is 5.62. The highest BCUT2D eigenvalue weighted by molar-refractivity contribution is 5.10. The molecule has 1 atom stereocenters. The lowest BCUT2D eigenvalue weighted by atomic mass is 10.2. The monoisotopic (exact) mass is 152 g/mol. The zero-order chi connectivity index (χ0) is 8.43. The SMILES string of the molecule is Cc1nnc(C(C)N)c(C)n1. The molecule has 4 heteroatoms. The van der Waals surface area contributed by atoms with Gasteiger partial charge in [-0.3, -0.25) is 0 Å². The van der Waals surface area contributed by atoms with Crippen molar-refractivity contribution in [3.63, 3.8) is 0 Å². The van der Waals surface area contributed by atoms with E-state index in [1.807, 2.05) is 20.8 Å². The van der Waals surface area contributed by atoms with Crippen LogP contribution in [0.25, 0.3) is 0 Å². The van der Waals surface area contributed by atoms with Crippen LogP contribution in [0, 0.1) is 13.8 Å². The smallest absolute Gasteiger partial charge is 0.148 e. The molecule has 0 aromatic carbocycles. The molecule has 60 valence electrons. The second-order valence-corrected chi connectivity index (χ2v) is 2.62. The van der Waals surface area contributed by atoms with Crippen LogP contribution in [0.3, 0.4) is 0 Å². The van der Waals surface area contributed by atoms with E-state index in [0.29, 0.717) is 5.82 Å². The molecule has 1 aromatic heterocycles. The van der Waals surface area contributed by atoms with Crippen molar-refractivity contribution in [2.75, 3.05) is 0 Å². The van der Waals surface area contributed by atoms with Gasteiger partial charge in [-0.1, -0.05) is 0 Å². The average molecular weight is 152 g/mol. The lowest BCUT2D eigenvalue weighted by molar-refractivity contribution is 0.711. The van der Waals surface area contributed by atoms with Crippen molar-refractivity contribution in [3.05, 3.63) is 17.2 Å². The zero-order valence-corrected chi connectivity index (χ0v) is 7.00. The Labute approximate surface area is 65.9 Å². The zero-order valence-electron chi connectivity index (χ0n) is 7.00. The molecule has 0 aliphatic rings. The van der Waals surface area contributed by atoms with Gasteiger partial charge >= 0.3 is 0 Å². The van der Waals surface area contributed by atoms with Crippen LogP contribution in [0.1, 0.15) is 30.2 Å². The molecule has 0 aliphatic carbocycles. The van der Waals surface area contributed by atoms with Crippen LogP contribution >= 0.6 is 0 Å². The molecule has 0 amide bonds. The predicted molar refractivity (Wildman–Crippen MR) is 41.9 cm³/mol. The van der Waals surface area contributed by atoms with Crippen LogP contribution in [0.2, 0.25) is 0 Å². The van der Waals surface area contributed by atoms with Gasteiger partial charge in [-0.25, -0.2) is 4.98 Å². The number of aryl methyl sites for hydroxylation is 2. The highest BCUT2D eigenvalue weighted by atomic mass is 15.2. The largest absolute Gasteiger partial charge is 0.323 e. The number of rotatable bonds is 1. The molecule has 0 radical (unpaired) electrons. The first-order valence-electron chi connectivity index (χ1n) is 3.54. The summed E-state index contributed by atoms with van der Waals surface area (Å²) < 4.78 is 0. The Hall–Kier alpha value is -1.03. The highest BCUT2D eigenvalue weighted by Gasteiger charge is 2.06. The molecule has 11 heavy (non-hydrogen) atoms. The predicted octanol–water partition coefficient (Wildman–Crippen LogP) is 0.508. The van der Waals surface area contributed by atoms with Crippen LogP contribution in [-0.2, 0) is 0 Å². The summed E-state index contributed by atoms with van der Waals surface area (Å²) in [5.41, 5.74) is 7.26. The van der Waals surface area contributed by atoms with Crippen molar-refractivity contribution in [1.29, 1.82) is 0 Å². The maximum atomic E-state index is 5.62. The molecule has 4 nitrogen and oxygen atoms in total. The Morgan fingerprint density at radius 2 is 1.91 bits per heavy atom. The summed E-state index contributed by atoms with van der Waals surface area (Å²) in [4.78, 5) is 4.14. The number of nitrogens with zero attached hydrogens (tertiary/aromatic N) is 3. The molecule has 0 saturated heterocycles. The van der Waals surface area contributed by atoms with Crippen LogP contribution in [0.15, 0.2) is 0 Å². The van der Waals surface area contributed by atoms with Crippen LogP contribution in [0.4, 0.5) is 0 Å². The van der Waals surface area contributed by atoms with Gasteiger partial charge in [-0.15, -0.1) is 5.10 Å². The molecular formula is C7H12N4. The first-order valence-corrected chi connectivity index (χ1v) is 3.54. The van der Waals surface area contributed by atoms with E-state index < -0.39 is 0 Å². The van der Waals surface area contributed by atoms with Gasteiger partial charge in [0.05, 0.1) is 5.69 Å². The van der Waals surface area contributed by atoms with E-state index in [9.17, 15) is 0 Å². The van der Waals surface area contributed by atoms with Gasteiger partial charge in [0.1, 0.15) is 11.5 Å². The fourth-order valence-corrected chi connectivity index (χ4v) is 0.941. The molecule has 0 aliphatic heterocycles. The van der Waals surface area contributed by atoms with Crippen LogP contribution in [0.5, 0.6) is 0 Å². The number of hydrogen-bond donors (Lipinski definition) is 1. The Bertz CT molecular complexity index is 257. The lowest BCUT2D eigenvalue weighted by Gasteiger charge is -2.05. The minimum atomic E-state index is -0.0874. The minimum Gasteiger partial charge on any atom is -0.323 e. The van der Waals surface area contributed by atoms with Crippen LogP contribution < -0.4 is 5.73 Å². The van der Waals surface area contributed by atoms with E-state index in [1.165, 1.54) is 0 Å². The molecule has 1 unspecified atom stereocenters. The Morgan fingerprint density at radius 3 is 2.36 bits per heavy atom. The molecular weight excluding hydrogens is 140 g/mol. The van der Waals surface area contributed by atoms with E-state index in [0.717, 1.165) is 11.4 Å². The van der Waals surface area contributed by atoms with Gasteiger partial charge in [-0.2, -0.15) is 5.10 Å². The third-order valence-corrected chi connectivity index (χ3v) is 1.43. The number of aromatic nitrogens is 3. The summed E-state index contributed by atoms with van der Waals surface area (Å²) in [5, 5.41) is 7.76. The molecule has 0 saturated carbocycles. The van der Waals surface area contributed by atoms with Crippen molar-refractivity contribution in [2.24, 2.45) is 5.73 Å². The van der Waals surface area contributed by atoms with Crippen molar-refractivity contribution < 1.29 is 0 Å². The quantitative estimate of drug-likeness (QED) is 0.636. The standard InChI is InChI=1S/C7H12N4/c1-4(8)7-5(2)9-6(3)10-11-7/h4H,8H2,1-3H3. The summed E-state index contributed by atoms with van der Waals surface area (Å²) in [6.45, 7) is 5.57. The Morgan fingerprint density at radius 1 is 1.27 bits per heavy atom. The third kappa shape index (κ3) is 1.71. The normalized spacial score (nSPS) is 13.1. The molecule has 0 fully saturated rings. The second kappa shape index (κ2) is 2.92. The van der Waals surface area contributed by atoms with E-state index >= 15 is 0 Å². The highest BCUT2D eigenvalue weighted by Crippen LogP contribution is 2.07. The van der Waals surface area contributed by atoms with E-state index in [-0.39, 0.29) is 6.04 Å². The fourth-order valence-electron chi connectivity index (χ4n) is 0.941. The van der Waals surface area contributed by atoms with Crippen LogP contribution in [-0.4, -0.2) is 15.2 Å². The summed E-state index contributed by atoms with van der Waals surface area (Å²) in [5.74, 6) is 0.687. The topological polar surface area (TPSA) is 64.7 Å². The molecule has 0 spiro atoms. The van der Waals surface area contributed by atoms with Gasteiger partial charge in [0, 0.05) is 6.04 Å². The lowest BCUT2D eigenvalue weighted by Crippen LogP contribution is -2.12. The Kier molecular flexibility index (Phi) is 2.14. The summed E-state index contributed by atoms with van der Waals surface area (Å²) in [6.07, 6.45) is 0. The minimum absolute atomic E-state index is 0.0874.